The smallest absolute Gasteiger partial charge is 0.459 e. The van der Waals surface area contributed by atoms with Crippen molar-refractivity contribution in [3.8, 4) is 5.75 Å². The van der Waals surface area contributed by atoms with Crippen LogP contribution in [0, 0.1) is 0 Å². The van der Waals surface area contributed by atoms with Crippen molar-refractivity contribution in [3.63, 3.8) is 0 Å². The van der Waals surface area contributed by atoms with Crippen LogP contribution in [0.4, 0.5) is 4.79 Å². The molecule has 12 nitrogen and oxygen atoms in total. The Morgan fingerprint density at radius 3 is 2.61 bits per heavy atom. The molecule has 2 heterocycles. The molecule has 3 N–H and O–H groups in total. The van der Waals surface area contributed by atoms with Gasteiger partial charge in [-0.2, -0.15) is 5.09 Å². The molecule has 0 aliphatic carbocycles. The van der Waals surface area contributed by atoms with Crippen LogP contribution in [0.2, 0.25) is 0 Å². The van der Waals surface area contributed by atoms with Crippen molar-refractivity contribution in [1.82, 2.24) is 15.3 Å². The van der Waals surface area contributed by atoms with Crippen LogP contribution in [0.1, 0.15) is 34.1 Å². The maximum Gasteiger partial charge on any atom is 0.459 e. The lowest BCUT2D eigenvalue weighted by Gasteiger charge is -2.36. The van der Waals surface area contributed by atoms with Crippen molar-refractivity contribution in [3.05, 3.63) is 30.3 Å². The van der Waals surface area contributed by atoms with E-state index in [-0.39, 0.29) is 24.8 Å². The standard InChI is InChI=1S/C22H31ClN3O9P/c1-13(2)33-19(29)14(3)25-36(31,35-15-8-6-5-7-9-15)32-12-16-18(28)22(4,23)20(34-16)26-11-10-17(27)24-21(26)30/h5-9,13-14,16,18,20,28H,10-12H2,1-4H3,(H,25,31)(H,24,27,30)/t14-,16+,18+,20+,22+,36?/m0/s1. The molecule has 14 heteroatoms. The molecule has 0 bridgehead atoms. The number of para-hydroxylation sites is 1. The third-order valence-corrected chi connectivity index (χ3v) is 7.58. The van der Waals surface area contributed by atoms with E-state index in [0.717, 1.165) is 0 Å². The Morgan fingerprint density at radius 2 is 2.00 bits per heavy atom. The van der Waals surface area contributed by atoms with E-state index >= 15 is 0 Å². The van der Waals surface area contributed by atoms with Crippen molar-refractivity contribution >= 4 is 37.3 Å². The highest BCUT2D eigenvalue weighted by atomic mass is 35.5. The molecule has 0 spiro atoms. The second-order valence-corrected chi connectivity index (χ2v) is 11.5. The molecule has 3 rings (SSSR count). The van der Waals surface area contributed by atoms with E-state index in [2.05, 4.69) is 10.4 Å². The van der Waals surface area contributed by atoms with Crippen LogP contribution in [0.5, 0.6) is 5.75 Å². The third kappa shape index (κ3) is 6.76. The van der Waals surface area contributed by atoms with Gasteiger partial charge in [0.1, 0.15) is 28.9 Å². The van der Waals surface area contributed by atoms with Gasteiger partial charge in [-0.3, -0.25) is 24.3 Å². The summed E-state index contributed by atoms with van der Waals surface area (Å²) in [6, 6.07) is 6.42. The monoisotopic (exact) mass is 547 g/mol. The van der Waals surface area contributed by atoms with Crippen molar-refractivity contribution in [1.29, 1.82) is 0 Å². The second-order valence-electron chi connectivity index (χ2n) is 8.95. The van der Waals surface area contributed by atoms with Crippen LogP contribution < -0.4 is 14.9 Å². The van der Waals surface area contributed by atoms with Crippen molar-refractivity contribution in [2.24, 2.45) is 0 Å². The van der Waals surface area contributed by atoms with Crippen LogP contribution in [0.3, 0.4) is 0 Å². The van der Waals surface area contributed by atoms with Crippen LogP contribution in [-0.2, 0) is 28.2 Å². The van der Waals surface area contributed by atoms with Gasteiger partial charge in [-0.25, -0.2) is 9.36 Å². The average Bonchev–Trinajstić information content (AvgIpc) is 3.01. The Hall–Kier alpha value is -2.21. The van der Waals surface area contributed by atoms with Gasteiger partial charge in [0.2, 0.25) is 5.91 Å². The lowest BCUT2D eigenvalue weighted by atomic mass is 10.00. The van der Waals surface area contributed by atoms with E-state index < -0.39 is 61.6 Å². The van der Waals surface area contributed by atoms with Crippen molar-refractivity contribution in [2.45, 2.75) is 69.6 Å². The van der Waals surface area contributed by atoms with Gasteiger partial charge < -0.3 is 19.1 Å². The molecule has 1 unspecified atom stereocenters. The Labute approximate surface area is 214 Å². The summed E-state index contributed by atoms with van der Waals surface area (Å²) in [5, 5.41) is 15.6. The summed E-state index contributed by atoms with van der Waals surface area (Å²) in [6.07, 6.45) is -3.90. The fourth-order valence-electron chi connectivity index (χ4n) is 3.70. The lowest BCUT2D eigenvalue weighted by Crippen LogP contribution is -2.58. The summed E-state index contributed by atoms with van der Waals surface area (Å²) in [5.74, 6) is -0.886. The fraction of sp³-hybridized carbons (Fsp3) is 0.591. The molecule has 36 heavy (non-hydrogen) atoms. The summed E-state index contributed by atoms with van der Waals surface area (Å²) in [5.41, 5.74) is 0. The maximum absolute atomic E-state index is 13.6. The normalized spacial score (nSPS) is 29.0. The number of aliphatic hydroxyl groups excluding tert-OH is 1. The number of hydrogen-bond donors (Lipinski definition) is 3. The highest BCUT2D eigenvalue weighted by Crippen LogP contribution is 2.47. The van der Waals surface area contributed by atoms with Gasteiger partial charge in [0.25, 0.3) is 0 Å². The number of hydrogen-bond acceptors (Lipinski definition) is 9. The minimum atomic E-state index is -4.21. The second kappa shape index (κ2) is 11.5. The summed E-state index contributed by atoms with van der Waals surface area (Å²) in [6.45, 7) is 5.87. The SMILES string of the molecule is CC(C)OC(=O)[C@H](C)NP(=O)(OC[C@H]1O[C@@H](N2CCC(=O)NC2=O)[C@](C)(Cl)[C@@H]1O)Oc1ccccc1. The van der Waals surface area contributed by atoms with E-state index in [0.29, 0.717) is 0 Å². The molecule has 0 saturated carbocycles. The summed E-state index contributed by atoms with van der Waals surface area (Å²) in [4.78, 5) is 35.8. The number of aliphatic hydroxyl groups is 1. The highest BCUT2D eigenvalue weighted by Gasteiger charge is 2.56. The number of alkyl halides is 1. The topological polar surface area (TPSA) is 153 Å². The molecule has 0 aromatic heterocycles. The quantitative estimate of drug-likeness (QED) is 0.225. The molecule has 2 saturated heterocycles. The van der Waals surface area contributed by atoms with Gasteiger partial charge >= 0.3 is 19.7 Å². The number of carbonyl (C=O) groups excluding carboxylic acids is 3. The highest BCUT2D eigenvalue weighted by molar-refractivity contribution is 7.52. The first kappa shape index (κ1) is 28.4. The number of imide groups is 1. The van der Waals surface area contributed by atoms with Crippen molar-refractivity contribution in [2.75, 3.05) is 13.2 Å². The number of halogens is 1. The minimum absolute atomic E-state index is 0.0459. The molecule has 6 atom stereocenters. The van der Waals surface area contributed by atoms with Crippen LogP contribution in [-0.4, -0.2) is 76.5 Å². The first-order chi connectivity index (χ1) is 16.8. The van der Waals surface area contributed by atoms with E-state index in [1.165, 1.54) is 18.7 Å². The van der Waals surface area contributed by atoms with Gasteiger partial charge in [-0.05, 0) is 39.8 Å². The number of esters is 1. The maximum atomic E-state index is 13.6. The predicted molar refractivity (Wildman–Crippen MR) is 128 cm³/mol. The first-order valence-corrected chi connectivity index (χ1v) is 13.3. The largest absolute Gasteiger partial charge is 0.462 e. The number of nitrogens with zero attached hydrogens (tertiary/aromatic N) is 1. The third-order valence-electron chi connectivity index (χ3n) is 5.52. The van der Waals surface area contributed by atoms with Gasteiger partial charge in [0.15, 0.2) is 6.23 Å². The first-order valence-electron chi connectivity index (χ1n) is 11.4. The Balaban J connectivity index is 1.74. The zero-order valence-corrected chi connectivity index (χ0v) is 22.0. The molecule has 0 radical (unpaired) electrons. The van der Waals surface area contributed by atoms with E-state index in [1.54, 1.807) is 44.2 Å². The average molecular weight is 548 g/mol. The Morgan fingerprint density at radius 1 is 1.33 bits per heavy atom. The zero-order valence-electron chi connectivity index (χ0n) is 20.4. The van der Waals surface area contributed by atoms with Gasteiger partial charge in [0.05, 0.1) is 12.7 Å². The molecule has 1 aromatic carbocycles. The number of benzene rings is 1. The summed E-state index contributed by atoms with van der Waals surface area (Å²) >= 11 is 6.55. The number of amides is 3. The van der Waals surface area contributed by atoms with Crippen LogP contribution in [0.15, 0.2) is 30.3 Å². The Bertz CT molecular complexity index is 1010. The molecule has 1 aromatic rings. The molecular weight excluding hydrogens is 517 g/mol. The molecular formula is C22H31ClN3O9P. The molecule has 2 fully saturated rings. The minimum Gasteiger partial charge on any atom is -0.462 e. The van der Waals surface area contributed by atoms with Gasteiger partial charge in [0, 0.05) is 13.0 Å². The van der Waals surface area contributed by atoms with E-state index in [4.69, 9.17) is 30.1 Å². The van der Waals surface area contributed by atoms with Crippen LogP contribution in [0.25, 0.3) is 0 Å². The number of nitrogens with one attached hydrogen (secondary N) is 2. The number of rotatable bonds is 10. The number of carbonyl (C=O) groups is 3. The Kier molecular flexibility index (Phi) is 9.02. The summed E-state index contributed by atoms with van der Waals surface area (Å²) < 4.78 is 35.8. The van der Waals surface area contributed by atoms with Crippen molar-refractivity contribution < 1.29 is 42.6 Å². The van der Waals surface area contributed by atoms with Crippen LogP contribution >= 0.6 is 19.3 Å². The van der Waals surface area contributed by atoms with Gasteiger partial charge in [-0.15, -0.1) is 11.6 Å². The summed E-state index contributed by atoms with van der Waals surface area (Å²) in [7, 11) is -4.21. The number of urea groups is 1. The lowest BCUT2D eigenvalue weighted by molar-refractivity contribution is -0.149. The number of ether oxygens (including phenoxy) is 2. The fourth-order valence-corrected chi connectivity index (χ4v) is 5.51. The molecule has 2 aliphatic rings. The predicted octanol–water partition coefficient (Wildman–Crippen LogP) is 2.14. The van der Waals surface area contributed by atoms with E-state index in [1.807, 2.05) is 0 Å². The van der Waals surface area contributed by atoms with E-state index in [9.17, 15) is 24.1 Å². The zero-order chi connectivity index (χ0) is 26.7. The van der Waals surface area contributed by atoms with Gasteiger partial charge in [-0.1, -0.05) is 18.2 Å². The molecule has 3 amide bonds. The molecule has 2 aliphatic heterocycles. The molecule has 200 valence electrons.